The molecule has 0 saturated carbocycles. The molecule has 0 unspecified atom stereocenters. The molecule has 0 spiro atoms. The van der Waals surface area contributed by atoms with E-state index in [2.05, 4.69) is 4.99 Å². The van der Waals surface area contributed by atoms with Crippen molar-refractivity contribution in [2.45, 2.75) is 0 Å². The lowest BCUT2D eigenvalue weighted by molar-refractivity contribution is 1.52. The van der Waals surface area contributed by atoms with E-state index < -0.39 is 7.15 Å². The van der Waals surface area contributed by atoms with E-state index in [0.29, 0.717) is 0 Å². The van der Waals surface area contributed by atoms with Crippen molar-refractivity contribution in [2.24, 2.45) is 4.99 Å². The minimum atomic E-state index is -1.78. The van der Waals surface area contributed by atoms with Crippen LogP contribution < -0.4 is 0 Å². The van der Waals surface area contributed by atoms with Gasteiger partial charge in [-0.3, -0.25) is 0 Å². The summed E-state index contributed by atoms with van der Waals surface area (Å²) in [6, 6.07) is 20.0. The zero-order valence-electron chi connectivity index (χ0n) is 10.0. The summed E-state index contributed by atoms with van der Waals surface area (Å²) in [4.78, 5) is 4.69. The van der Waals surface area contributed by atoms with Crippen LogP contribution in [-0.4, -0.2) is 5.04 Å². The number of benzene rings is 2. The maximum atomic E-state index is 5.58. The minimum absolute atomic E-state index is 0.858. The molecule has 94 valence electrons. The number of aliphatic imine (C=N–C) groups is 1. The zero-order chi connectivity index (χ0) is 13.3. The topological polar surface area (TPSA) is 12.4 Å². The molecular formula is C15H11NS3. The standard InChI is InChI=1S/C15H11NS3/c17-19(18)11-14(12-7-3-1-4-8-12)16-15(19)13-9-5-2-6-10-13/h1-11H. The van der Waals surface area contributed by atoms with Crippen molar-refractivity contribution < 1.29 is 0 Å². The van der Waals surface area contributed by atoms with Crippen LogP contribution in [0.5, 0.6) is 0 Å². The monoisotopic (exact) mass is 301 g/mol. The van der Waals surface area contributed by atoms with Gasteiger partial charge in [0.1, 0.15) is 5.04 Å². The van der Waals surface area contributed by atoms with Crippen LogP contribution in [0.25, 0.3) is 5.70 Å². The molecule has 1 aliphatic heterocycles. The molecule has 3 rings (SSSR count). The summed E-state index contributed by atoms with van der Waals surface area (Å²) in [6.07, 6.45) is 0. The molecule has 1 aliphatic rings. The van der Waals surface area contributed by atoms with Crippen molar-refractivity contribution in [3.05, 3.63) is 77.2 Å². The quantitative estimate of drug-likeness (QED) is 0.841. The van der Waals surface area contributed by atoms with Gasteiger partial charge in [-0.05, 0) is 29.5 Å². The van der Waals surface area contributed by atoms with E-state index in [1.165, 1.54) is 0 Å². The second-order valence-electron chi connectivity index (χ2n) is 4.20. The molecule has 0 amide bonds. The maximum Gasteiger partial charge on any atom is 0.116 e. The van der Waals surface area contributed by atoms with Gasteiger partial charge < -0.3 is 0 Å². The lowest BCUT2D eigenvalue weighted by atomic mass is 10.2. The SMILES string of the molecule is S=S1(=S)C=C(c2ccccc2)N=C1c1ccccc1. The maximum absolute atomic E-state index is 5.58. The minimum Gasteiger partial charge on any atom is -0.239 e. The third-order valence-electron chi connectivity index (χ3n) is 2.85. The second kappa shape index (κ2) is 4.96. The molecule has 0 bridgehead atoms. The first-order chi connectivity index (χ1) is 9.17. The van der Waals surface area contributed by atoms with E-state index in [4.69, 9.17) is 22.4 Å². The van der Waals surface area contributed by atoms with Gasteiger partial charge >= 0.3 is 0 Å². The predicted molar refractivity (Wildman–Crippen MR) is 89.5 cm³/mol. The summed E-state index contributed by atoms with van der Waals surface area (Å²) >= 11 is 11.2. The molecular weight excluding hydrogens is 290 g/mol. The highest BCUT2D eigenvalue weighted by Gasteiger charge is 2.20. The molecule has 0 atom stereocenters. The lowest BCUT2D eigenvalue weighted by Crippen LogP contribution is -2.07. The van der Waals surface area contributed by atoms with Crippen LogP contribution >= 0.6 is 0 Å². The van der Waals surface area contributed by atoms with E-state index in [0.717, 1.165) is 21.9 Å². The Morgan fingerprint density at radius 2 is 1.26 bits per heavy atom. The average molecular weight is 301 g/mol. The molecule has 4 heteroatoms. The first kappa shape index (κ1) is 12.7. The van der Waals surface area contributed by atoms with Crippen LogP contribution in [0.4, 0.5) is 0 Å². The summed E-state index contributed by atoms with van der Waals surface area (Å²) in [6.45, 7) is 0. The Kier molecular flexibility index (Phi) is 3.31. The molecule has 2 aromatic carbocycles. The molecule has 2 aromatic rings. The average Bonchev–Trinajstić information content (AvgIpc) is 2.77. The fraction of sp³-hybridized carbons (Fsp3) is 0. The zero-order valence-corrected chi connectivity index (χ0v) is 12.5. The van der Waals surface area contributed by atoms with Gasteiger partial charge in [-0.2, -0.15) is 0 Å². The van der Waals surface area contributed by atoms with Gasteiger partial charge in [-0.25, -0.2) is 4.99 Å². The highest BCUT2D eigenvalue weighted by atomic mass is 33.1. The van der Waals surface area contributed by atoms with E-state index in [1.807, 2.05) is 66.1 Å². The Morgan fingerprint density at radius 1 is 0.737 bits per heavy atom. The molecule has 0 N–H and O–H groups in total. The Balaban J connectivity index is 2.10. The molecule has 0 aliphatic carbocycles. The number of rotatable bonds is 2. The highest BCUT2D eigenvalue weighted by molar-refractivity contribution is 8.65. The Labute approximate surface area is 122 Å². The van der Waals surface area contributed by atoms with Crippen molar-refractivity contribution >= 4 is 40.3 Å². The largest absolute Gasteiger partial charge is 0.239 e. The Morgan fingerprint density at radius 3 is 1.84 bits per heavy atom. The first-order valence-corrected chi connectivity index (χ1v) is 9.38. The van der Waals surface area contributed by atoms with Gasteiger partial charge in [-0.15, -0.1) is 0 Å². The van der Waals surface area contributed by atoms with Crippen molar-refractivity contribution in [1.82, 2.24) is 0 Å². The second-order valence-corrected chi connectivity index (χ2v) is 9.70. The number of nitrogens with zero attached hydrogens (tertiary/aromatic N) is 1. The van der Waals surface area contributed by atoms with Crippen molar-refractivity contribution in [1.29, 1.82) is 0 Å². The molecule has 0 saturated heterocycles. The van der Waals surface area contributed by atoms with Crippen LogP contribution in [0.1, 0.15) is 11.1 Å². The van der Waals surface area contributed by atoms with Crippen LogP contribution in [-0.2, 0) is 29.5 Å². The van der Waals surface area contributed by atoms with Crippen LogP contribution in [0, 0.1) is 0 Å². The van der Waals surface area contributed by atoms with Crippen LogP contribution in [0.15, 0.2) is 71.1 Å². The van der Waals surface area contributed by atoms with Gasteiger partial charge in [0.05, 0.1) is 5.70 Å². The molecule has 19 heavy (non-hydrogen) atoms. The fourth-order valence-corrected chi connectivity index (χ4v) is 4.59. The van der Waals surface area contributed by atoms with E-state index in [9.17, 15) is 0 Å². The van der Waals surface area contributed by atoms with E-state index >= 15 is 0 Å². The third kappa shape index (κ3) is 2.52. The Bertz CT molecular complexity index is 758. The van der Waals surface area contributed by atoms with Gasteiger partial charge in [-0.1, -0.05) is 60.7 Å². The molecule has 0 fully saturated rings. The summed E-state index contributed by atoms with van der Waals surface area (Å²) in [5, 5.41) is 2.83. The third-order valence-corrected chi connectivity index (χ3v) is 5.77. The van der Waals surface area contributed by atoms with Gasteiger partial charge in [0.2, 0.25) is 0 Å². The number of hydrogen-bond donors (Lipinski definition) is 0. The first-order valence-electron chi connectivity index (χ1n) is 5.83. The summed E-state index contributed by atoms with van der Waals surface area (Å²) in [5.74, 6) is 0. The van der Waals surface area contributed by atoms with Crippen molar-refractivity contribution in [3.8, 4) is 0 Å². The van der Waals surface area contributed by atoms with E-state index in [-0.39, 0.29) is 0 Å². The Hall–Kier alpha value is -1.36. The van der Waals surface area contributed by atoms with Crippen molar-refractivity contribution in [3.63, 3.8) is 0 Å². The summed E-state index contributed by atoms with van der Waals surface area (Å²) in [5.41, 5.74) is 3.00. The normalized spacial score (nSPS) is 16.8. The fourth-order valence-electron chi connectivity index (χ4n) is 1.95. The molecule has 0 radical (unpaired) electrons. The van der Waals surface area contributed by atoms with Gasteiger partial charge in [0.25, 0.3) is 0 Å². The smallest absolute Gasteiger partial charge is 0.116 e. The summed E-state index contributed by atoms with van der Waals surface area (Å²) in [7, 11) is -1.78. The number of hydrogen-bond acceptors (Lipinski definition) is 3. The van der Waals surface area contributed by atoms with E-state index in [1.54, 1.807) is 0 Å². The predicted octanol–water partition coefficient (Wildman–Crippen LogP) is 3.52. The van der Waals surface area contributed by atoms with Crippen LogP contribution in [0.3, 0.4) is 0 Å². The molecule has 1 nitrogen and oxygen atoms in total. The molecule has 0 aromatic heterocycles. The molecule has 1 heterocycles. The lowest BCUT2D eigenvalue weighted by Gasteiger charge is -2.03. The van der Waals surface area contributed by atoms with Gasteiger partial charge in [0, 0.05) is 16.5 Å². The highest BCUT2D eigenvalue weighted by Crippen LogP contribution is 2.27. The summed E-state index contributed by atoms with van der Waals surface area (Å²) < 4.78 is 0. The van der Waals surface area contributed by atoms with Gasteiger partial charge in [0.15, 0.2) is 0 Å². The van der Waals surface area contributed by atoms with Crippen molar-refractivity contribution in [2.75, 3.05) is 0 Å². The van der Waals surface area contributed by atoms with Crippen LogP contribution in [0.2, 0.25) is 0 Å².